The highest BCUT2D eigenvalue weighted by Crippen LogP contribution is 2.21. The van der Waals surface area contributed by atoms with Crippen molar-refractivity contribution in [2.24, 2.45) is 0 Å². The monoisotopic (exact) mass is 272 g/mol. The van der Waals surface area contributed by atoms with Crippen molar-refractivity contribution in [1.82, 2.24) is 15.6 Å². The molecular formula is C14H16N4O2. The maximum absolute atomic E-state index is 12.1. The topological polar surface area (TPSA) is 100 Å². The van der Waals surface area contributed by atoms with Gasteiger partial charge in [0.15, 0.2) is 0 Å². The molecule has 0 unspecified atom stereocenters. The van der Waals surface area contributed by atoms with E-state index < -0.39 is 0 Å². The van der Waals surface area contributed by atoms with Crippen LogP contribution in [0.3, 0.4) is 0 Å². The minimum absolute atomic E-state index is 0.00960. The highest BCUT2D eigenvalue weighted by Gasteiger charge is 2.23. The van der Waals surface area contributed by atoms with Crippen molar-refractivity contribution in [3.05, 3.63) is 30.0 Å². The molecule has 0 spiro atoms. The third-order valence-corrected chi connectivity index (χ3v) is 3.30. The zero-order chi connectivity index (χ0) is 14.1. The van der Waals surface area contributed by atoms with Crippen LogP contribution in [0.25, 0.3) is 10.9 Å². The Morgan fingerprint density at radius 1 is 1.35 bits per heavy atom. The largest absolute Gasteiger partial charge is 0.399 e. The second kappa shape index (κ2) is 4.88. The summed E-state index contributed by atoms with van der Waals surface area (Å²) in [7, 11) is 0. The zero-order valence-corrected chi connectivity index (χ0v) is 10.9. The number of nitrogen functional groups attached to an aromatic ring is 1. The van der Waals surface area contributed by atoms with Crippen LogP contribution in [0.1, 0.15) is 23.2 Å². The lowest BCUT2D eigenvalue weighted by atomic mass is 10.1. The van der Waals surface area contributed by atoms with Crippen LogP contribution in [0.4, 0.5) is 5.69 Å². The van der Waals surface area contributed by atoms with Crippen molar-refractivity contribution < 1.29 is 9.59 Å². The van der Waals surface area contributed by atoms with Crippen molar-refractivity contribution in [2.75, 3.05) is 12.3 Å². The van der Waals surface area contributed by atoms with Crippen molar-refractivity contribution in [3.8, 4) is 0 Å². The summed E-state index contributed by atoms with van der Waals surface area (Å²) in [6, 6.07) is 5.63. The molecular weight excluding hydrogens is 256 g/mol. The Bertz CT molecular complexity index is 673. The number of aromatic amines is 1. The molecule has 0 bridgehead atoms. The molecule has 6 nitrogen and oxygen atoms in total. The second-order valence-electron chi connectivity index (χ2n) is 5.03. The Labute approximate surface area is 115 Å². The Balaban J connectivity index is 1.68. The Kier molecular flexibility index (Phi) is 3.06. The van der Waals surface area contributed by atoms with Crippen LogP contribution in [0.2, 0.25) is 0 Å². The van der Waals surface area contributed by atoms with Crippen molar-refractivity contribution in [2.45, 2.75) is 18.9 Å². The summed E-state index contributed by atoms with van der Waals surface area (Å²) >= 11 is 0. The molecule has 5 N–H and O–H groups in total. The number of carbonyl (C=O) groups is 2. The Hall–Kier alpha value is -2.50. The number of nitrogens with two attached hydrogens (primary N) is 1. The summed E-state index contributed by atoms with van der Waals surface area (Å²) in [5.41, 5.74) is 7.65. The van der Waals surface area contributed by atoms with Gasteiger partial charge in [-0.15, -0.1) is 0 Å². The lowest BCUT2D eigenvalue weighted by Crippen LogP contribution is -2.37. The van der Waals surface area contributed by atoms with Crippen LogP contribution in [-0.2, 0) is 4.79 Å². The van der Waals surface area contributed by atoms with E-state index in [1.807, 2.05) is 6.07 Å². The van der Waals surface area contributed by atoms with Crippen molar-refractivity contribution in [3.63, 3.8) is 0 Å². The molecule has 6 heteroatoms. The number of carbonyl (C=O) groups excluding carboxylic acids is 2. The SMILES string of the molecule is Nc1ccc2[nH]cc(C(=O)NCC(=O)NC3CC3)c2c1. The highest BCUT2D eigenvalue weighted by atomic mass is 16.2. The summed E-state index contributed by atoms with van der Waals surface area (Å²) in [4.78, 5) is 26.6. The fourth-order valence-corrected chi connectivity index (χ4v) is 2.09. The van der Waals surface area contributed by atoms with Crippen LogP contribution in [-0.4, -0.2) is 29.4 Å². The highest BCUT2D eigenvalue weighted by molar-refractivity contribution is 6.08. The van der Waals surface area contributed by atoms with Gasteiger partial charge in [0.25, 0.3) is 5.91 Å². The number of hydrogen-bond acceptors (Lipinski definition) is 3. The minimum atomic E-state index is -0.284. The number of anilines is 1. The van der Waals surface area contributed by atoms with E-state index in [-0.39, 0.29) is 18.4 Å². The van der Waals surface area contributed by atoms with E-state index in [4.69, 9.17) is 5.73 Å². The van der Waals surface area contributed by atoms with E-state index in [1.54, 1.807) is 18.3 Å². The van der Waals surface area contributed by atoms with Gasteiger partial charge in [0, 0.05) is 28.8 Å². The maximum atomic E-state index is 12.1. The van der Waals surface area contributed by atoms with E-state index in [0.717, 1.165) is 23.7 Å². The Morgan fingerprint density at radius 2 is 2.15 bits per heavy atom. The molecule has 3 rings (SSSR count). The van der Waals surface area contributed by atoms with Gasteiger partial charge in [0.05, 0.1) is 12.1 Å². The average molecular weight is 272 g/mol. The summed E-state index contributed by atoms with van der Waals surface area (Å²) in [6.45, 7) is -0.00960. The van der Waals surface area contributed by atoms with Gasteiger partial charge in [-0.05, 0) is 31.0 Å². The molecule has 1 aliphatic carbocycles. The predicted octanol–water partition coefficient (Wildman–Crippen LogP) is 0.758. The van der Waals surface area contributed by atoms with E-state index in [1.165, 1.54) is 0 Å². The maximum Gasteiger partial charge on any atom is 0.253 e. The first-order valence-corrected chi connectivity index (χ1v) is 6.57. The number of fused-ring (bicyclic) bond motifs is 1. The van der Waals surface area contributed by atoms with Gasteiger partial charge in [-0.3, -0.25) is 9.59 Å². The fraction of sp³-hybridized carbons (Fsp3) is 0.286. The quantitative estimate of drug-likeness (QED) is 0.618. The van der Waals surface area contributed by atoms with Crippen molar-refractivity contribution in [1.29, 1.82) is 0 Å². The standard InChI is InChI=1S/C14H16N4O2/c15-8-1-4-12-10(5-8)11(6-16-12)14(20)17-7-13(19)18-9-2-3-9/h1,4-6,9,16H,2-3,7,15H2,(H,17,20)(H,18,19). The second-order valence-corrected chi connectivity index (χ2v) is 5.03. The Morgan fingerprint density at radius 3 is 2.90 bits per heavy atom. The first kappa shape index (κ1) is 12.5. The van der Waals surface area contributed by atoms with E-state index in [2.05, 4.69) is 15.6 Å². The molecule has 2 aromatic rings. The number of aromatic nitrogens is 1. The van der Waals surface area contributed by atoms with Gasteiger partial charge >= 0.3 is 0 Å². The number of nitrogens with one attached hydrogen (secondary N) is 3. The summed E-state index contributed by atoms with van der Waals surface area (Å²) in [5.74, 6) is -0.437. The first-order valence-electron chi connectivity index (χ1n) is 6.57. The number of amides is 2. The van der Waals surface area contributed by atoms with Crippen LogP contribution in [0.5, 0.6) is 0 Å². The molecule has 1 fully saturated rings. The van der Waals surface area contributed by atoms with E-state index in [9.17, 15) is 9.59 Å². The lowest BCUT2D eigenvalue weighted by molar-refractivity contribution is -0.120. The average Bonchev–Trinajstić information content (AvgIpc) is 3.13. The number of hydrogen-bond donors (Lipinski definition) is 4. The van der Waals surface area contributed by atoms with Crippen LogP contribution in [0.15, 0.2) is 24.4 Å². The third-order valence-electron chi connectivity index (χ3n) is 3.30. The summed E-state index contributed by atoms with van der Waals surface area (Å²) < 4.78 is 0. The van der Waals surface area contributed by atoms with Gasteiger partial charge in [-0.1, -0.05) is 0 Å². The fourth-order valence-electron chi connectivity index (χ4n) is 2.09. The van der Waals surface area contributed by atoms with Crippen LogP contribution >= 0.6 is 0 Å². The van der Waals surface area contributed by atoms with Crippen molar-refractivity contribution >= 4 is 28.4 Å². The molecule has 20 heavy (non-hydrogen) atoms. The molecule has 104 valence electrons. The van der Waals surface area contributed by atoms with Gasteiger partial charge in [0.2, 0.25) is 5.91 Å². The molecule has 1 aromatic heterocycles. The smallest absolute Gasteiger partial charge is 0.253 e. The predicted molar refractivity (Wildman–Crippen MR) is 76.2 cm³/mol. The molecule has 0 radical (unpaired) electrons. The number of benzene rings is 1. The minimum Gasteiger partial charge on any atom is -0.399 e. The zero-order valence-electron chi connectivity index (χ0n) is 10.9. The van der Waals surface area contributed by atoms with Gasteiger partial charge in [-0.2, -0.15) is 0 Å². The molecule has 0 aliphatic heterocycles. The number of rotatable bonds is 4. The third kappa shape index (κ3) is 2.59. The van der Waals surface area contributed by atoms with Gasteiger partial charge in [-0.25, -0.2) is 0 Å². The lowest BCUT2D eigenvalue weighted by Gasteiger charge is -2.05. The molecule has 1 aliphatic rings. The van der Waals surface area contributed by atoms with Crippen LogP contribution < -0.4 is 16.4 Å². The molecule has 1 aromatic carbocycles. The van der Waals surface area contributed by atoms with E-state index in [0.29, 0.717) is 17.3 Å². The summed E-state index contributed by atoms with van der Waals surface area (Å²) in [5, 5.41) is 6.19. The molecule has 0 atom stereocenters. The first-order chi connectivity index (χ1) is 9.63. The number of H-pyrrole nitrogens is 1. The van der Waals surface area contributed by atoms with Gasteiger partial charge in [0.1, 0.15) is 0 Å². The molecule has 1 heterocycles. The molecule has 0 saturated heterocycles. The van der Waals surface area contributed by atoms with Gasteiger partial charge < -0.3 is 21.4 Å². The summed E-state index contributed by atoms with van der Waals surface area (Å²) in [6.07, 6.45) is 3.68. The van der Waals surface area contributed by atoms with E-state index >= 15 is 0 Å². The normalized spacial score (nSPS) is 14.2. The van der Waals surface area contributed by atoms with Crippen LogP contribution in [0, 0.1) is 0 Å². The molecule has 2 amide bonds. The molecule has 1 saturated carbocycles.